The number of fused-ring (bicyclic) bond motifs is 14. The summed E-state index contributed by atoms with van der Waals surface area (Å²) in [6.07, 6.45) is 13.4. The van der Waals surface area contributed by atoms with E-state index in [2.05, 4.69) is 192 Å². The van der Waals surface area contributed by atoms with E-state index >= 15 is 0 Å². The summed E-state index contributed by atoms with van der Waals surface area (Å²) in [4.78, 5) is 82.8. The van der Waals surface area contributed by atoms with Gasteiger partial charge in [0.05, 0.1) is 78.3 Å². The minimum Gasteiger partial charge on any atom is -0.481 e. The lowest BCUT2D eigenvalue weighted by Crippen LogP contribution is -2.68. The quantitative estimate of drug-likeness (QED) is 0.0457. The van der Waals surface area contributed by atoms with Gasteiger partial charge in [-0.05, 0) is 280 Å². The molecule has 6 heterocycles. The van der Waals surface area contributed by atoms with Gasteiger partial charge >= 0.3 is 5.97 Å². The van der Waals surface area contributed by atoms with Crippen LogP contribution >= 0.6 is 11.6 Å². The van der Waals surface area contributed by atoms with E-state index in [4.69, 9.17) is 77.9 Å². The zero-order chi connectivity index (χ0) is 99.7. The number of carbonyl (C=O) groups excluding carboxylic acids is 5. The van der Waals surface area contributed by atoms with Crippen LogP contribution in [0.25, 0.3) is 0 Å². The van der Waals surface area contributed by atoms with Crippen molar-refractivity contribution in [3.63, 3.8) is 0 Å². The highest BCUT2D eigenvalue weighted by molar-refractivity contribution is 6.65. The molecule has 0 aromatic rings. The molecule has 0 aromatic carbocycles. The van der Waals surface area contributed by atoms with E-state index < -0.39 is 120 Å². The third-order valence-corrected chi connectivity index (χ3v) is 45.2. The molecule has 136 heavy (non-hydrogen) atoms. The van der Waals surface area contributed by atoms with Gasteiger partial charge in [-0.25, -0.2) is 0 Å². The van der Waals surface area contributed by atoms with Gasteiger partial charge in [0.1, 0.15) is 42.4 Å². The standard InChI is InChI=1S/C57H91ClO10.C57H92O11/c1-17-40-33(5)32(4)35(7)49(64-40)68-47-46(67-48-34(6)31(3)30(2)28-63-48)36(8)45(37(9)60)66-50(47)65-43-21-22-53(12)41(54(43,13)29-59)20-23-55(14)42(53)19-18-38-39-26-52(10,11)24-25-57(39,51(58)61)44(62-16)27-56(38,55)15;1-17-40-33(5)32(4)35(7)49(64-40)68-47-46(67-48-34(6)31(3)30(2)28-63-48)36(8)45(37(9)59)66-50(47)65-43-21-22-53(12)41(54(43,13)29-58)20-23-55(14)42(53)19-18-38-39-26-52(10,11)24-25-57(39,51(60)61)44(62-16)27-56(38,55)15/h18,29-36,39-50H,17,19-28H2,1-16H3;18,29-36,39-50H,17,19-28H2,1-16H3,(H,60,61)/t2*30-,31+,32+,33-,34?,35?,36-,39?,40?,41-,42?,43+,44+,45?,46+,47?,48+,49+,50-,53?,54-,55?,56-,57-/m11/s1. The number of rotatable bonds is 22. The second-order valence-corrected chi connectivity index (χ2v) is 52.6. The average molecular weight is 1930 g/mol. The van der Waals surface area contributed by atoms with Crippen molar-refractivity contribution in [3.05, 3.63) is 23.3 Å². The van der Waals surface area contributed by atoms with Crippen molar-refractivity contribution in [2.45, 2.75) is 447 Å². The van der Waals surface area contributed by atoms with Crippen LogP contribution in [0.5, 0.6) is 0 Å². The topological polar surface area (TPSA) is 252 Å². The molecule has 14 fully saturated rings. The SMILES string of the molecule is CCC1O[C@@H](OC2[C@H](O[C@H]3CCC4(C)C5CC=C6C7CC(C)(C)CC[C@]7(C(=O)Cl)[C@@H](OC)C[C@@]6(C)C5(C)CC[C@H]4[C@@]3(C)C=O)OC(C(C)=O)[C@@H](C)[C@@H]2O[C@@H]2OC[C@@H](C)[C@H](C)C2C)C(C)[C@@H](C)[C@H]1C.CCC1O[C@@H](OC2[C@H](O[C@H]3CCC4(C)C5CC=C6C7CC(C)(C)CC[C@]7(C(=O)O)[C@@H](OC)C[C@@]6(C)C5(C)CC[C@H]4[C@@]3(C)C=O)OC(C(C)=O)[C@@H](C)[C@@H]2O[C@@H]2OC[C@@H](C)[C@H](C)C2C)C(C)[C@@H](C)[C@H]1C. The van der Waals surface area contributed by atoms with E-state index in [1.165, 1.54) is 23.7 Å². The van der Waals surface area contributed by atoms with Crippen LogP contribution in [0.1, 0.15) is 336 Å². The maximum Gasteiger partial charge on any atom is 0.312 e. The molecule has 8 saturated carbocycles. The Labute approximate surface area is 823 Å². The minimum atomic E-state index is -1.02. The summed E-state index contributed by atoms with van der Waals surface area (Å²) in [6.45, 7) is 67.7. The van der Waals surface area contributed by atoms with E-state index in [0.29, 0.717) is 86.2 Å². The van der Waals surface area contributed by atoms with Gasteiger partial charge in [-0.2, -0.15) is 0 Å². The number of carboxylic acids is 1. The Morgan fingerprint density at radius 2 is 0.750 bits per heavy atom. The molecule has 0 aromatic heterocycles. The predicted molar refractivity (Wildman–Crippen MR) is 523 cm³/mol. The molecule has 21 nitrogen and oxygen atoms in total. The van der Waals surface area contributed by atoms with E-state index in [1.807, 2.05) is 13.8 Å². The lowest BCUT2D eigenvalue weighted by atomic mass is 9.33. The molecular formula is C114H183ClO21. The van der Waals surface area contributed by atoms with E-state index in [1.54, 1.807) is 28.1 Å². The molecule has 6 aliphatic heterocycles. The first kappa shape index (κ1) is 107. The monoisotopic (exact) mass is 1920 g/mol. The van der Waals surface area contributed by atoms with Crippen LogP contribution in [-0.4, -0.2) is 179 Å². The second-order valence-electron chi connectivity index (χ2n) is 52.3. The molecule has 0 amide bonds. The van der Waals surface area contributed by atoms with Gasteiger partial charge in [-0.15, -0.1) is 0 Å². The summed E-state index contributed by atoms with van der Waals surface area (Å²) in [6, 6.07) is 0. The Balaban J connectivity index is 0.000000207. The molecule has 18 unspecified atom stereocenters. The molecule has 772 valence electrons. The first-order chi connectivity index (χ1) is 63.6. The normalized spacial score (nSPS) is 53.4. The fourth-order valence-electron chi connectivity index (χ4n) is 34.0. The number of carbonyl (C=O) groups is 6. The van der Waals surface area contributed by atoms with Crippen LogP contribution in [0.2, 0.25) is 0 Å². The number of carboxylic acid groups (broad SMARTS) is 1. The largest absolute Gasteiger partial charge is 0.481 e. The van der Waals surface area contributed by atoms with Crippen molar-refractivity contribution in [2.24, 2.45) is 183 Å². The Hall–Kier alpha value is -2.97. The van der Waals surface area contributed by atoms with Gasteiger partial charge in [0.25, 0.3) is 0 Å². The molecule has 6 saturated heterocycles. The Morgan fingerprint density at radius 3 is 1.10 bits per heavy atom. The van der Waals surface area contributed by atoms with Crippen LogP contribution in [0, 0.1) is 183 Å². The number of halogens is 1. The van der Waals surface area contributed by atoms with E-state index in [0.717, 1.165) is 103 Å². The summed E-state index contributed by atoms with van der Waals surface area (Å²) in [5, 5.41) is 10.9. The Morgan fingerprint density at radius 1 is 0.397 bits per heavy atom. The van der Waals surface area contributed by atoms with Gasteiger partial charge < -0.3 is 81.0 Å². The zero-order valence-corrected chi connectivity index (χ0v) is 90.6. The van der Waals surface area contributed by atoms with Crippen molar-refractivity contribution in [1.82, 2.24) is 0 Å². The fraction of sp³-hybridized carbons (Fsp3) is 0.912. The first-order valence-electron chi connectivity index (χ1n) is 54.2. The minimum absolute atomic E-state index is 0.00302. The summed E-state index contributed by atoms with van der Waals surface area (Å²) >= 11 is 6.72. The molecule has 16 aliphatic rings. The number of Topliss-reactive ketones (excluding diaryl/α,β-unsaturated/α-hetero) is 2. The highest BCUT2D eigenvalue weighted by atomic mass is 35.5. The van der Waals surface area contributed by atoms with Crippen molar-refractivity contribution >= 4 is 47.0 Å². The summed E-state index contributed by atoms with van der Waals surface area (Å²) < 4.78 is 96.5. The summed E-state index contributed by atoms with van der Waals surface area (Å²) in [5.41, 5.74) is -1.74. The van der Waals surface area contributed by atoms with Crippen molar-refractivity contribution < 1.29 is 100 Å². The average Bonchev–Trinajstić information content (AvgIpc) is 0.671. The van der Waals surface area contributed by atoms with Crippen molar-refractivity contribution in [3.8, 4) is 0 Å². The highest BCUT2D eigenvalue weighted by Crippen LogP contribution is 2.79. The van der Waals surface area contributed by atoms with Crippen molar-refractivity contribution in [1.29, 1.82) is 0 Å². The number of aldehydes is 2. The van der Waals surface area contributed by atoms with Gasteiger partial charge in [0.15, 0.2) is 49.3 Å². The van der Waals surface area contributed by atoms with Gasteiger partial charge in [-0.3, -0.25) is 19.2 Å². The third kappa shape index (κ3) is 17.2. The van der Waals surface area contributed by atoms with Crippen LogP contribution in [-0.2, 0) is 95.1 Å². The lowest BCUT2D eigenvalue weighted by molar-refractivity contribution is -0.374. The van der Waals surface area contributed by atoms with Gasteiger partial charge in [0, 0.05) is 49.7 Å². The maximum atomic E-state index is 14.1. The Kier molecular flexibility index (Phi) is 30.8. The molecule has 10 aliphatic carbocycles. The zero-order valence-electron chi connectivity index (χ0n) is 89.8. The fourth-order valence-corrected chi connectivity index (χ4v) is 34.4. The number of allylic oxidation sites excluding steroid dienone is 4. The third-order valence-electron chi connectivity index (χ3n) is 44.9. The highest BCUT2D eigenvalue weighted by Gasteiger charge is 2.76. The number of hydrogen-bond acceptors (Lipinski definition) is 20. The lowest BCUT2D eigenvalue weighted by Gasteiger charge is -2.71. The molecule has 0 bridgehead atoms. The molecule has 16 rings (SSSR count). The molecule has 48 atom stereocenters. The smallest absolute Gasteiger partial charge is 0.312 e. The van der Waals surface area contributed by atoms with Gasteiger partial charge in [-0.1, -0.05) is 217 Å². The number of methoxy groups -OCH3 is 2. The van der Waals surface area contributed by atoms with Crippen LogP contribution in [0.4, 0.5) is 0 Å². The van der Waals surface area contributed by atoms with Crippen LogP contribution in [0.3, 0.4) is 0 Å². The van der Waals surface area contributed by atoms with Gasteiger partial charge in [0.2, 0.25) is 5.24 Å². The van der Waals surface area contributed by atoms with Crippen LogP contribution < -0.4 is 0 Å². The molecular weight excluding hydrogens is 1740 g/mol. The number of ether oxygens (including phenoxy) is 14. The molecule has 0 radical (unpaired) electrons. The number of ketones is 2. The van der Waals surface area contributed by atoms with Crippen LogP contribution in [0.15, 0.2) is 23.3 Å². The summed E-state index contributed by atoms with van der Waals surface area (Å²) in [7, 11) is 3.49. The maximum absolute atomic E-state index is 14.1. The first-order valence-corrected chi connectivity index (χ1v) is 54.6. The second kappa shape index (κ2) is 39.0. The van der Waals surface area contributed by atoms with Crippen molar-refractivity contribution in [2.75, 3.05) is 27.4 Å². The Bertz CT molecular complexity index is 4100. The number of aliphatic carboxylic acids is 1. The summed E-state index contributed by atoms with van der Waals surface area (Å²) in [5.74, 6) is 2.00. The molecule has 0 spiro atoms. The molecule has 1 N–H and O–H groups in total. The van der Waals surface area contributed by atoms with E-state index in [9.17, 15) is 33.9 Å². The van der Waals surface area contributed by atoms with E-state index in [-0.39, 0.29) is 149 Å². The molecule has 22 heteroatoms. The number of hydrogen-bond donors (Lipinski definition) is 1. The predicted octanol–water partition coefficient (Wildman–Crippen LogP) is 22.9.